The number of nitrogens with zero attached hydrogens (tertiary/aromatic N) is 1. The largest absolute Gasteiger partial charge is 0.491 e. The molecular formula is C28H30N2O7S2. The van der Waals surface area contributed by atoms with Crippen LogP contribution >= 0.6 is 0 Å². The molecule has 0 saturated carbocycles. The topological polar surface area (TPSA) is 121 Å². The number of hydrogen-bond donors (Lipinski definition) is 1. The molecule has 1 aromatic heterocycles. The Labute approximate surface area is 228 Å². The third-order valence-electron chi connectivity index (χ3n) is 6.07. The fourth-order valence-corrected chi connectivity index (χ4v) is 6.29. The highest BCUT2D eigenvalue weighted by atomic mass is 32.2. The molecule has 0 radical (unpaired) electrons. The highest BCUT2D eigenvalue weighted by molar-refractivity contribution is 7.90. The Morgan fingerprint density at radius 3 is 2.08 bits per heavy atom. The van der Waals surface area contributed by atoms with E-state index in [4.69, 9.17) is 8.92 Å². The molecule has 4 aromatic rings. The van der Waals surface area contributed by atoms with E-state index < -0.39 is 20.1 Å². The van der Waals surface area contributed by atoms with Gasteiger partial charge in [-0.25, -0.2) is 12.4 Å². The predicted octanol–water partition coefficient (Wildman–Crippen LogP) is 3.96. The first kappa shape index (κ1) is 28.3. The molecule has 0 bridgehead atoms. The van der Waals surface area contributed by atoms with Gasteiger partial charge in [-0.1, -0.05) is 35.4 Å². The lowest BCUT2D eigenvalue weighted by Crippen LogP contribution is -2.22. The molecule has 0 spiro atoms. The smallest absolute Gasteiger partial charge is 0.297 e. The second-order valence-corrected chi connectivity index (χ2v) is 12.5. The van der Waals surface area contributed by atoms with E-state index in [0.717, 1.165) is 11.1 Å². The number of rotatable bonds is 11. The molecule has 1 N–H and O–H groups in total. The minimum Gasteiger partial charge on any atom is -0.491 e. The highest BCUT2D eigenvalue weighted by Gasteiger charge is 2.22. The molecule has 0 fully saturated rings. The number of carbonyl (C=O) groups excluding carboxylic acids is 1. The van der Waals surface area contributed by atoms with Gasteiger partial charge in [-0.05, 0) is 68.3 Å². The van der Waals surface area contributed by atoms with Crippen molar-refractivity contribution in [2.75, 3.05) is 19.8 Å². The van der Waals surface area contributed by atoms with Crippen molar-refractivity contribution in [3.63, 3.8) is 0 Å². The van der Waals surface area contributed by atoms with E-state index in [-0.39, 0.29) is 28.9 Å². The summed E-state index contributed by atoms with van der Waals surface area (Å²) in [6, 6.07) is 17.9. The van der Waals surface area contributed by atoms with Gasteiger partial charge in [-0.2, -0.15) is 8.42 Å². The summed E-state index contributed by atoms with van der Waals surface area (Å²) in [5.41, 5.74) is 3.04. The third-order valence-corrected chi connectivity index (χ3v) is 9.09. The Morgan fingerprint density at radius 1 is 0.846 bits per heavy atom. The molecule has 39 heavy (non-hydrogen) atoms. The first-order chi connectivity index (χ1) is 18.5. The average molecular weight is 571 g/mol. The minimum atomic E-state index is -3.92. The molecule has 0 aliphatic rings. The highest BCUT2D eigenvalue weighted by Crippen LogP contribution is 2.30. The fraction of sp³-hybridized carbons (Fsp3) is 0.250. The summed E-state index contributed by atoms with van der Waals surface area (Å²) in [5, 5.41) is 3.37. The van der Waals surface area contributed by atoms with Crippen LogP contribution in [0.25, 0.3) is 10.9 Å². The lowest BCUT2D eigenvalue weighted by atomic mass is 10.1. The van der Waals surface area contributed by atoms with Crippen molar-refractivity contribution in [2.45, 2.75) is 37.0 Å². The maximum atomic E-state index is 13.5. The number of nitrogens with one attached hydrogen (secondary N) is 1. The third kappa shape index (κ3) is 6.67. The fourth-order valence-electron chi connectivity index (χ4n) is 4.01. The van der Waals surface area contributed by atoms with E-state index in [1.807, 2.05) is 13.8 Å². The maximum Gasteiger partial charge on any atom is 0.297 e. The van der Waals surface area contributed by atoms with Gasteiger partial charge >= 0.3 is 0 Å². The van der Waals surface area contributed by atoms with Crippen LogP contribution in [-0.2, 0) is 35.5 Å². The van der Waals surface area contributed by atoms with Crippen LogP contribution in [0.5, 0.6) is 5.75 Å². The summed E-state index contributed by atoms with van der Waals surface area (Å²) in [5.74, 6) is 0.237. The van der Waals surface area contributed by atoms with Crippen molar-refractivity contribution in [3.05, 3.63) is 89.6 Å². The second kappa shape index (κ2) is 11.6. The van der Waals surface area contributed by atoms with E-state index in [2.05, 4.69) is 5.32 Å². The van der Waals surface area contributed by atoms with Crippen LogP contribution in [0.4, 0.5) is 0 Å². The summed E-state index contributed by atoms with van der Waals surface area (Å²) in [6.45, 7) is 5.24. The van der Waals surface area contributed by atoms with Gasteiger partial charge in [0.05, 0.1) is 15.3 Å². The maximum absolute atomic E-state index is 13.5. The van der Waals surface area contributed by atoms with Crippen LogP contribution < -0.4 is 10.1 Å². The van der Waals surface area contributed by atoms with Crippen LogP contribution in [0.3, 0.4) is 0 Å². The van der Waals surface area contributed by atoms with Gasteiger partial charge in [0, 0.05) is 25.1 Å². The van der Waals surface area contributed by atoms with E-state index in [9.17, 15) is 21.6 Å². The minimum absolute atomic E-state index is 0.0415. The summed E-state index contributed by atoms with van der Waals surface area (Å²) in [7, 11) is -7.80. The Morgan fingerprint density at radius 2 is 1.46 bits per heavy atom. The van der Waals surface area contributed by atoms with Crippen LogP contribution in [0, 0.1) is 13.8 Å². The van der Waals surface area contributed by atoms with Crippen LogP contribution in [0.2, 0.25) is 0 Å². The number of carbonyl (C=O) groups is 1. The number of fused-ring (bicyclic) bond motifs is 1. The van der Waals surface area contributed by atoms with Gasteiger partial charge in [0.1, 0.15) is 19.0 Å². The summed E-state index contributed by atoms with van der Waals surface area (Å²) < 4.78 is 63.8. The van der Waals surface area contributed by atoms with Gasteiger partial charge in [-0.15, -0.1) is 0 Å². The number of hydrogen-bond acceptors (Lipinski definition) is 7. The van der Waals surface area contributed by atoms with Crippen molar-refractivity contribution >= 4 is 37.0 Å². The SMILES string of the molecule is CC(=O)NCCc1cn(S(=O)(=O)c2ccc(C)cc2)c2ccc(OCCOS(=O)(=O)c3ccc(C)cc3)cc12. The number of aromatic nitrogens is 1. The molecule has 1 amide bonds. The zero-order valence-electron chi connectivity index (χ0n) is 21.9. The van der Waals surface area contributed by atoms with Gasteiger partial charge in [-0.3, -0.25) is 8.98 Å². The lowest BCUT2D eigenvalue weighted by molar-refractivity contribution is -0.118. The van der Waals surface area contributed by atoms with Crippen LogP contribution in [-0.4, -0.2) is 46.5 Å². The van der Waals surface area contributed by atoms with E-state index >= 15 is 0 Å². The number of ether oxygens (including phenoxy) is 1. The molecule has 0 aliphatic carbocycles. The quantitative estimate of drug-likeness (QED) is 0.214. The standard InChI is InChI=1S/C28H30N2O7S2/c1-20-4-9-25(10-5-20)38(32,33)30-19-23(14-15-29-22(3)31)27-18-24(8-13-28(27)30)36-16-17-37-39(34,35)26-11-6-21(2)7-12-26/h4-13,18-19H,14-17H2,1-3H3,(H,29,31). The Kier molecular flexibility index (Phi) is 8.43. The van der Waals surface area contributed by atoms with Gasteiger partial charge < -0.3 is 10.1 Å². The Balaban J connectivity index is 1.55. The van der Waals surface area contributed by atoms with Crippen molar-refractivity contribution in [1.82, 2.24) is 9.29 Å². The molecule has 206 valence electrons. The van der Waals surface area contributed by atoms with Gasteiger partial charge in [0.25, 0.3) is 20.1 Å². The van der Waals surface area contributed by atoms with Gasteiger partial charge in [0.2, 0.25) is 5.91 Å². The monoisotopic (exact) mass is 570 g/mol. The molecule has 4 rings (SSSR count). The van der Waals surface area contributed by atoms with E-state index in [1.54, 1.807) is 60.8 Å². The summed E-state index contributed by atoms with van der Waals surface area (Å²) in [6.07, 6.45) is 1.95. The van der Waals surface area contributed by atoms with Crippen molar-refractivity contribution in [3.8, 4) is 5.75 Å². The average Bonchev–Trinajstić information content (AvgIpc) is 3.26. The normalized spacial score (nSPS) is 12.0. The molecule has 9 nitrogen and oxygen atoms in total. The second-order valence-electron chi connectivity index (χ2n) is 9.12. The van der Waals surface area contributed by atoms with E-state index in [0.29, 0.717) is 35.2 Å². The van der Waals surface area contributed by atoms with Crippen LogP contribution in [0.15, 0.2) is 82.7 Å². The number of aryl methyl sites for hydroxylation is 2. The van der Waals surface area contributed by atoms with Crippen molar-refractivity contribution < 1.29 is 30.6 Å². The molecule has 1 heterocycles. The zero-order chi connectivity index (χ0) is 28.2. The number of benzene rings is 3. The first-order valence-corrected chi connectivity index (χ1v) is 15.1. The lowest BCUT2D eigenvalue weighted by Gasteiger charge is -2.10. The molecule has 0 saturated heterocycles. The molecule has 0 unspecified atom stereocenters. The van der Waals surface area contributed by atoms with Crippen LogP contribution in [0.1, 0.15) is 23.6 Å². The molecule has 0 aliphatic heterocycles. The molecule has 11 heteroatoms. The molecule has 3 aromatic carbocycles. The van der Waals surface area contributed by atoms with E-state index in [1.165, 1.54) is 23.0 Å². The van der Waals surface area contributed by atoms with Crippen molar-refractivity contribution in [1.29, 1.82) is 0 Å². The number of amides is 1. The zero-order valence-corrected chi connectivity index (χ0v) is 23.5. The Bertz CT molecular complexity index is 1690. The first-order valence-electron chi connectivity index (χ1n) is 12.3. The Hall–Kier alpha value is -3.67. The molecular weight excluding hydrogens is 540 g/mol. The summed E-state index contributed by atoms with van der Waals surface area (Å²) >= 11 is 0. The predicted molar refractivity (Wildman–Crippen MR) is 148 cm³/mol. The summed E-state index contributed by atoms with van der Waals surface area (Å²) in [4.78, 5) is 11.6. The molecule has 0 atom stereocenters. The van der Waals surface area contributed by atoms with Crippen molar-refractivity contribution in [2.24, 2.45) is 0 Å². The van der Waals surface area contributed by atoms with Gasteiger partial charge in [0.15, 0.2) is 0 Å².